The Morgan fingerprint density at radius 1 is 1.08 bits per heavy atom. The molecule has 1 amide bonds. The van der Waals surface area contributed by atoms with E-state index in [1.165, 1.54) is 12.1 Å². The maximum absolute atomic E-state index is 12.9. The number of benzene rings is 2. The number of carbonyl (C=O) groups is 1. The van der Waals surface area contributed by atoms with Gasteiger partial charge in [-0.15, -0.1) is 10.2 Å². The van der Waals surface area contributed by atoms with Crippen molar-refractivity contribution in [3.8, 4) is 17.1 Å². The summed E-state index contributed by atoms with van der Waals surface area (Å²) in [4.78, 5) is 12.0. The normalized spacial score (nSPS) is 10.4. The first-order chi connectivity index (χ1) is 12.6. The Kier molecular flexibility index (Phi) is 5.76. The summed E-state index contributed by atoms with van der Waals surface area (Å²) in [6, 6.07) is 16.1. The van der Waals surface area contributed by atoms with Gasteiger partial charge in [0.2, 0.25) is 5.88 Å². The summed E-state index contributed by atoms with van der Waals surface area (Å²) in [5.74, 6) is -0.191. The highest BCUT2D eigenvalue weighted by Gasteiger charge is 2.06. The number of hydrogen-bond acceptors (Lipinski definition) is 4. The largest absolute Gasteiger partial charge is 0.475 e. The van der Waals surface area contributed by atoms with Crippen LogP contribution in [0.25, 0.3) is 11.3 Å². The maximum atomic E-state index is 12.9. The molecule has 1 N–H and O–H groups in total. The summed E-state index contributed by atoms with van der Waals surface area (Å²) in [6.45, 7) is 0.559. The lowest BCUT2D eigenvalue weighted by Gasteiger charge is -2.07. The lowest BCUT2D eigenvalue weighted by Crippen LogP contribution is -2.28. The van der Waals surface area contributed by atoms with Crippen molar-refractivity contribution in [3.05, 3.63) is 77.1 Å². The van der Waals surface area contributed by atoms with Crippen LogP contribution in [-0.2, 0) is 0 Å². The lowest BCUT2D eigenvalue weighted by molar-refractivity contribution is 0.0946. The number of aromatic nitrogens is 2. The molecule has 0 spiro atoms. The first kappa shape index (κ1) is 17.8. The smallest absolute Gasteiger partial charge is 0.251 e. The molecule has 132 valence electrons. The molecule has 5 nitrogen and oxygen atoms in total. The van der Waals surface area contributed by atoms with Crippen LogP contribution < -0.4 is 10.1 Å². The molecule has 0 aliphatic rings. The molecule has 1 heterocycles. The Morgan fingerprint density at radius 2 is 1.88 bits per heavy atom. The predicted molar refractivity (Wildman–Crippen MR) is 96.7 cm³/mol. The van der Waals surface area contributed by atoms with E-state index >= 15 is 0 Å². The van der Waals surface area contributed by atoms with E-state index in [1.54, 1.807) is 48.5 Å². The third-order valence-electron chi connectivity index (χ3n) is 3.50. The summed E-state index contributed by atoms with van der Waals surface area (Å²) >= 11 is 5.86. The van der Waals surface area contributed by atoms with Crippen LogP contribution in [0.4, 0.5) is 4.39 Å². The fraction of sp³-hybridized carbons (Fsp3) is 0.105. The van der Waals surface area contributed by atoms with Crippen molar-refractivity contribution in [3.63, 3.8) is 0 Å². The van der Waals surface area contributed by atoms with Crippen LogP contribution in [0.3, 0.4) is 0 Å². The van der Waals surface area contributed by atoms with Gasteiger partial charge in [-0.25, -0.2) is 4.39 Å². The molecule has 0 saturated heterocycles. The van der Waals surface area contributed by atoms with Crippen LogP contribution in [-0.4, -0.2) is 29.3 Å². The fourth-order valence-corrected chi connectivity index (χ4v) is 2.41. The second-order valence-corrected chi connectivity index (χ2v) is 5.81. The third kappa shape index (κ3) is 4.77. The van der Waals surface area contributed by atoms with Crippen LogP contribution in [0, 0.1) is 5.82 Å². The number of rotatable bonds is 6. The zero-order valence-corrected chi connectivity index (χ0v) is 14.4. The molecule has 7 heteroatoms. The quantitative estimate of drug-likeness (QED) is 0.670. The molecule has 1 aromatic heterocycles. The Bertz CT molecular complexity index is 886. The first-order valence-electron chi connectivity index (χ1n) is 7.88. The van der Waals surface area contributed by atoms with Crippen LogP contribution in [0.1, 0.15) is 10.4 Å². The molecule has 2 aromatic carbocycles. The van der Waals surface area contributed by atoms with Crippen molar-refractivity contribution in [2.75, 3.05) is 13.2 Å². The average molecular weight is 372 g/mol. The monoisotopic (exact) mass is 371 g/mol. The van der Waals surface area contributed by atoms with Gasteiger partial charge in [-0.3, -0.25) is 4.79 Å². The average Bonchev–Trinajstić information content (AvgIpc) is 2.66. The van der Waals surface area contributed by atoms with Gasteiger partial charge in [-0.05, 0) is 48.5 Å². The lowest BCUT2D eigenvalue weighted by atomic mass is 10.1. The molecule has 3 aromatic rings. The van der Waals surface area contributed by atoms with Crippen molar-refractivity contribution in [1.29, 1.82) is 0 Å². The van der Waals surface area contributed by atoms with Gasteiger partial charge in [0.05, 0.1) is 12.2 Å². The Morgan fingerprint density at radius 3 is 2.58 bits per heavy atom. The van der Waals surface area contributed by atoms with Gasteiger partial charge in [0.25, 0.3) is 5.91 Å². The SMILES string of the molecule is O=C(NCCOc1ccc(-c2ccc(F)cc2)nn1)c1cccc(Cl)c1. The zero-order valence-electron chi connectivity index (χ0n) is 13.7. The van der Waals surface area contributed by atoms with Crippen LogP contribution >= 0.6 is 11.6 Å². The molecule has 0 unspecified atom stereocenters. The van der Waals surface area contributed by atoms with Crippen molar-refractivity contribution in [2.24, 2.45) is 0 Å². The third-order valence-corrected chi connectivity index (χ3v) is 3.74. The van der Waals surface area contributed by atoms with Crippen molar-refractivity contribution in [2.45, 2.75) is 0 Å². The van der Waals surface area contributed by atoms with Gasteiger partial charge >= 0.3 is 0 Å². The molecule has 0 bridgehead atoms. The van der Waals surface area contributed by atoms with E-state index in [9.17, 15) is 9.18 Å². The van der Waals surface area contributed by atoms with E-state index < -0.39 is 0 Å². The molecule has 0 fully saturated rings. The summed E-state index contributed by atoms with van der Waals surface area (Å²) in [5.41, 5.74) is 1.87. The number of ether oxygens (including phenoxy) is 1. The van der Waals surface area contributed by atoms with Gasteiger partial charge < -0.3 is 10.1 Å². The predicted octanol–water partition coefficient (Wildman–Crippen LogP) is 3.74. The number of amides is 1. The first-order valence-corrected chi connectivity index (χ1v) is 8.26. The second kappa shape index (κ2) is 8.40. The molecule has 0 radical (unpaired) electrons. The summed E-state index contributed by atoms with van der Waals surface area (Å²) < 4.78 is 18.4. The molecule has 3 rings (SSSR count). The molecule has 26 heavy (non-hydrogen) atoms. The number of carbonyl (C=O) groups excluding carboxylic acids is 1. The number of halogens is 2. The molecular weight excluding hydrogens is 357 g/mol. The summed E-state index contributed by atoms with van der Waals surface area (Å²) in [7, 11) is 0. The topological polar surface area (TPSA) is 64.1 Å². The van der Waals surface area contributed by atoms with Gasteiger partial charge in [0.15, 0.2) is 0 Å². The summed E-state index contributed by atoms with van der Waals surface area (Å²) in [5, 5.41) is 11.3. The molecule has 0 atom stereocenters. The van der Waals surface area contributed by atoms with E-state index in [1.807, 2.05) is 0 Å². The van der Waals surface area contributed by atoms with Crippen LogP contribution in [0.2, 0.25) is 5.02 Å². The van der Waals surface area contributed by atoms with Crippen LogP contribution in [0.15, 0.2) is 60.7 Å². The van der Waals surface area contributed by atoms with Crippen molar-refractivity contribution < 1.29 is 13.9 Å². The van der Waals surface area contributed by atoms with Crippen molar-refractivity contribution in [1.82, 2.24) is 15.5 Å². The van der Waals surface area contributed by atoms with E-state index in [0.717, 1.165) is 5.56 Å². The number of nitrogens with one attached hydrogen (secondary N) is 1. The Balaban J connectivity index is 1.48. The Labute approximate surface area is 154 Å². The fourth-order valence-electron chi connectivity index (χ4n) is 2.22. The van der Waals surface area contributed by atoms with E-state index in [4.69, 9.17) is 16.3 Å². The molecular formula is C19H15ClFN3O2. The molecule has 0 aliphatic heterocycles. The maximum Gasteiger partial charge on any atom is 0.251 e. The van der Waals surface area contributed by atoms with E-state index in [-0.39, 0.29) is 18.3 Å². The minimum absolute atomic E-state index is 0.228. The Hall–Kier alpha value is -2.99. The van der Waals surface area contributed by atoms with Crippen molar-refractivity contribution >= 4 is 17.5 Å². The van der Waals surface area contributed by atoms with E-state index in [2.05, 4.69) is 15.5 Å². The highest BCUT2D eigenvalue weighted by molar-refractivity contribution is 6.30. The standard InChI is InChI=1S/C19H15ClFN3O2/c20-15-3-1-2-14(12-15)19(25)22-10-11-26-18-9-8-17(23-24-18)13-4-6-16(21)7-5-13/h1-9,12H,10-11H2,(H,22,25). The number of nitrogens with zero attached hydrogens (tertiary/aromatic N) is 2. The van der Waals surface area contributed by atoms with Gasteiger partial charge in [-0.2, -0.15) is 0 Å². The highest BCUT2D eigenvalue weighted by atomic mass is 35.5. The summed E-state index contributed by atoms with van der Waals surface area (Å²) in [6.07, 6.45) is 0. The van der Waals surface area contributed by atoms with Gasteiger partial charge in [0, 0.05) is 22.2 Å². The molecule has 0 saturated carbocycles. The number of hydrogen-bond donors (Lipinski definition) is 1. The van der Waals surface area contributed by atoms with Gasteiger partial charge in [-0.1, -0.05) is 17.7 Å². The minimum atomic E-state index is -0.304. The second-order valence-electron chi connectivity index (χ2n) is 5.38. The van der Waals surface area contributed by atoms with Crippen LogP contribution in [0.5, 0.6) is 5.88 Å². The minimum Gasteiger partial charge on any atom is -0.475 e. The molecule has 0 aliphatic carbocycles. The highest BCUT2D eigenvalue weighted by Crippen LogP contribution is 2.18. The zero-order chi connectivity index (χ0) is 18.4. The van der Waals surface area contributed by atoms with E-state index in [0.29, 0.717) is 28.7 Å². The van der Waals surface area contributed by atoms with Gasteiger partial charge in [0.1, 0.15) is 12.4 Å².